The number of carbonyl (C=O) groups is 1. The number of hydrogen-bond acceptors (Lipinski definition) is 5. The highest BCUT2D eigenvalue weighted by molar-refractivity contribution is 6.02. The van der Waals surface area contributed by atoms with Gasteiger partial charge in [0.2, 0.25) is 0 Å². The van der Waals surface area contributed by atoms with Crippen molar-refractivity contribution in [2.24, 2.45) is 0 Å². The second-order valence-electron chi connectivity index (χ2n) is 6.70. The number of ether oxygens (including phenoxy) is 1. The maximum atomic E-state index is 12.8. The molecule has 0 saturated heterocycles. The Balaban J connectivity index is 2.22. The summed E-state index contributed by atoms with van der Waals surface area (Å²) in [5.74, 6) is -0.0293. The van der Waals surface area contributed by atoms with Gasteiger partial charge in [-0.15, -0.1) is 0 Å². The zero-order valence-corrected chi connectivity index (χ0v) is 14.2. The molecule has 3 N–H and O–H groups in total. The predicted octanol–water partition coefficient (Wildman–Crippen LogP) is 3.42. The molecule has 0 spiro atoms. The molecule has 1 aliphatic heterocycles. The molecule has 5 heteroatoms. The van der Waals surface area contributed by atoms with Gasteiger partial charge in [-0.3, -0.25) is 4.79 Å². The molecule has 1 aliphatic rings. The molecule has 0 amide bonds. The fourth-order valence-corrected chi connectivity index (χ4v) is 3.17. The van der Waals surface area contributed by atoms with E-state index in [1.165, 1.54) is 0 Å². The van der Waals surface area contributed by atoms with Crippen LogP contribution < -0.4 is 10.1 Å². The van der Waals surface area contributed by atoms with Crippen molar-refractivity contribution >= 4 is 16.6 Å². The minimum atomic E-state index is -1.08. The normalized spacial score (nSPS) is 19.1. The summed E-state index contributed by atoms with van der Waals surface area (Å²) in [5.41, 5.74) is -0.755. The molecule has 5 nitrogen and oxygen atoms in total. The number of carbonyl (C=O) groups excluding carboxylic acids is 1. The van der Waals surface area contributed by atoms with Crippen LogP contribution in [-0.2, 0) is 4.79 Å². The molecule has 0 aromatic heterocycles. The number of phenols is 2. The van der Waals surface area contributed by atoms with Crippen LogP contribution >= 0.6 is 0 Å². The van der Waals surface area contributed by atoms with E-state index in [-0.39, 0.29) is 23.0 Å². The summed E-state index contributed by atoms with van der Waals surface area (Å²) in [7, 11) is 0. The van der Waals surface area contributed by atoms with Crippen LogP contribution in [0.4, 0.5) is 0 Å². The van der Waals surface area contributed by atoms with Crippen molar-refractivity contribution in [3.8, 4) is 17.2 Å². The van der Waals surface area contributed by atoms with Crippen molar-refractivity contribution in [3.05, 3.63) is 29.8 Å². The first kappa shape index (κ1) is 16.6. The summed E-state index contributed by atoms with van der Waals surface area (Å²) in [6.07, 6.45) is 1.91. The number of nitrogens with one attached hydrogen (secondary N) is 1. The lowest BCUT2D eigenvalue weighted by atomic mass is 9.85. The third kappa shape index (κ3) is 2.49. The SMILES string of the molecule is CCCCN[C@@H]1C(=O)C(C)(C)Oc2c1c(O)c1ccccc1c2O. The van der Waals surface area contributed by atoms with E-state index in [1.807, 2.05) is 0 Å². The topological polar surface area (TPSA) is 78.8 Å². The highest BCUT2D eigenvalue weighted by Crippen LogP contribution is 2.51. The molecule has 0 fully saturated rings. The number of rotatable bonds is 4. The van der Waals surface area contributed by atoms with Gasteiger partial charge in [0, 0.05) is 10.8 Å². The van der Waals surface area contributed by atoms with Gasteiger partial charge in [-0.2, -0.15) is 0 Å². The van der Waals surface area contributed by atoms with Crippen LogP contribution in [0.3, 0.4) is 0 Å². The molecular formula is C19H23NO4. The molecule has 1 atom stereocenters. The van der Waals surface area contributed by atoms with Crippen LogP contribution in [0, 0.1) is 0 Å². The Kier molecular flexibility index (Phi) is 4.13. The van der Waals surface area contributed by atoms with E-state index in [1.54, 1.807) is 38.1 Å². The Morgan fingerprint density at radius 1 is 1.17 bits per heavy atom. The predicted molar refractivity (Wildman–Crippen MR) is 92.6 cm³/mol. The third-order valence-electron chi connectivity index (χ3n) is 4.53. The fraction of sp³-hybridized carbons (Fsp3) is 0.421. The van der Waals surface area contributed by atoms with E-state index in [2.05, 4.69) is 12.2 Å². The standard InChI is InChI=1S/C19H23NO4/c1-4-5-10-20-14-13-15(21)11-8-6-7-9-12(11)16(22)17(13)24-19(2,3)18(14)23/h6-9,14,20-22H,4-5,10H2,1-3H3/t14-/m0/s1. The van der Waals surface area contributed by atoms with E-state index in [0.29, 0.717) is 22.9 Å². The van der Waals surface area contributed by atoms with Crippen molar-refractivity contribution < 1.29 is 19.7 Å². The van der Waals surface area contributed by atoms with Crippen molar-refractivity contribution in [2.75, 3.05) is 6.54 Å². The number of fused-ring (bicyclic) bond motifs is 2. The number of benzene rings is 2. The summed E-state index contributed by atoms with van der Waals surface area (Å²) >= 11 is 0. The van der Waals surface area contributed by atoms with E-state index >= 15 is 0 Å². The second kappa shape index (κ2) is 5.98. The van der Waals surface area contributed by atoms with Gasteiger partial charge in [0.05, 0.1) is 5.56 Å². The maximum absolute atomic E-state index is 12.8. The smallest absolute Gasteiger partial charge is 0.197 e. The average Bonchev–Trinajstić information content (AvgIpc) is 2.56. The van der Waals surface area contributed by atoms with Crippen LogP contribution in [-0.4, -0.2) is 28.1 Å². The van der Waals surface area contributed by atoms with Gasteiger partial charge in [0.25, 0.3) is 0 Å². The van der Waals surface area contributed by atoms with Crippen LogP contribution in [0.2, 0.25) is 0 Å². The Morgan fingerprint density at radius 3 is 2.42 bits per heavy atom. The van der Waals surface area contributed by atoms with Crippen LogP contribution in [0.15, 0.2) is 24.3 Å². The largest absolute Gasteiger partial charge is 0.507 e. The first-order valence-corrected chi connectivity index (χ1v) is 8.31. The van der Waals surface area contributed by atoms with Gasteiger partial charge in [-0.1, -0.05) is 37.6 Å². The summed E-state index contributed by atoms with van der Waals surface area (Å²) in [6, 6.07) is 6.30. The molecule has 2 aromatic rings. The molecule has 0 radical (unpaired) electrons. The van der Waals surface area contributed by atoms with Gasteiger partial charge >= 0.3 is 0 Å². The molecule has 24 heavy (non-hydrogen) atoms. The Bertz CT molecular complexity index is 798. The van der Waals surface area contributed by atoms with Gasteiger partial charge < -0.3 is 20.3 Å². The van der Waals surface area contributed by atoms with Crippen molar-refractivity contribution in [1.29, 1.82) is 0 Å². The Labute approximate surface area is 141 Å². The van der Waals surface area contributed by atoms with Crippen LogP contribution in [0.5, 0.6) is 17.2 Å². The van der Waals surface area contributed by atoms with E-state index in [0.717, 1.165) is 12.8 Å². The number of ketones is 1. The molecule has 128 valence electrons. The fourth-order valence-electron chi connectivity index (χ4n) is 3.17. The zero-order valence-electron chi connectivity index (χ0n) is 14.2. The second-order valence-corrected chi connectivity index (χ2v) is 6.70. The minimum Gasteiger partial charge on any atom is -0.507 e. The molecule has 0 aliphatic carbocycles. The summed E-state index contributed by atoms with van der Waals surface area (Å²) in [4.78, 5) is 12.8. The molecule has 1 heterocycles. The van der Waals surface area contributed by atoms with Crippen molar-refractivity contribution in [1.82, 2.24) is 5.32 Å². The first-order chi connectivity index (χ1) is 11.4. The molecule has 3 rings (SSSR count). The van der Waals surface area contributed by atoms with Gasteiger partial charge in [0.15, 0.2) is 22.9 Å². The van der Waals surface area contributed by atoms with E-state index < -0.39 is 11.6 Å². The molecular weight excluding hydrogens is 306 g/mol. The monoisotopic (exact) mass is 329 g/mol. The van der Waals surface area contributed by atoms with Crippen LogP contribution in [0.25, 0.3) is 10.8 Å². The third-order valence-corrected chi connectivity index (χ3v) is 4.53. The summed E-state index contributed by atoms with van der Waals surface area (Å²) in [6.45, 7) is 6.08. The van der Waals surface area contributed by atoms with E-state index in [4.69, 9.17) is 4.74 Å². The number of aromatic hydroxyl groups is 2. The lowest BCUT2D eigenvalue weighted by Crippen LogP contribution is -2.49. The molecule has 0 saturated carbocycles. The number of hydrogen-bond donors (Lipinski definition) is 3. The Morgan fingerprint density at radius 2 is 1.79 bits per heavy atom. The lowest BCUT2D eigenvalue weighted by molar-refractivity contribution is -0.136. The number of phenolic OH excluding ortho intramolecular Hbond substituents is 2. The summed E-state index contributed by atoms with van der Waals surface area (Å²) < 4.78 is 5.79. The lowest BCUT2D eigenvalue weighted by Gasteiger charge is -2.37. The minimum absolute atomic E-state index is 0.0174. The van der Waals surface area contributed by atoms with Crippen molar-refractivity contribution in [3.63, 3.8) is 0 Å². The van der Waals surface area contributed by atoms with E-state index in [9.17, 15) is 15.0 Å². The highest BCUT2D eigenvalue weighted by atomic mass is 16.5. The Hall–Kier alpha value is -2.27. The van der Waals surface area contributed by atoms with Crippen LogP contribution in [0.1, 0.15) is 45.2 Å². The quantitative estimate of drug-likeness (QED) is 0.592. The van der Waals surface area contributed by atoms with Crippen molar-refractivity contribution in [2.45, 2.75) is 45.3 Å². The molecule has 0 bridgehead atoms. The molecule has 2 aromatic carbocycles. The highest BCUT2D eigenvalue weighted by Gasteiger charge is 2.45. The van der Waals surface area contributed by atoms with Gasteiger partial charge in [0.1, 0.15) is 11.8 Å². The number of Topliss-reactive ketones (excluding diaryl/α,β-unsaturated/α-hetero) is 1. The zero-order chi connectivity index (χ0) is 17.5. The van der Waals surface area contributed by atoms with Gasteiger partial charge in [-0.25, -0.2) is 0 Å². The molecule has 0 unspecified atom stereocenters. The summed E-state index contributed by atoms with van der Waals surface area (Å²) in [5, 5.41) is 25.6. The first-order valence-electron chi connectivity index (χ1n) is 8.31. The number of unbranched alkanes of at least 4 members (excludes halogenated alkanes) is 1. The average molecular weight is 329 g/mol. The van der Waals surface area contributed by atoms with Gasteiger partial charge in [-0.05, 0) is 26.8 Å². The maximum Gasteiger partial charge on any atom is 0.197 e.